The third-order valence-electron chi connectivity index (χ3n) is 11.1. The highest BCUT2D eigenvalue weighted by atomic mass is 16.7. The summed E-state index contributed by atoms with van der Waals surface area (Å²) in [6.07, 6.45) is 63.3. The number of carboxylic acid groups (broad SMARTS) is 1. The van der Waals surface area contributed by atoms with E-state index >= 15 is 0 Å². The number of hydrogen-bond donors (Lipinski definition) is 1. The van der Waals surface area contributed by atoms with Crippen molar-refractivity contribution in [2.45, 2.75) is 212 Å². The fraction of sp³-hybridized carbons (Fsp3) is 0.678. The van der Waals surface area contributed by atoms with Crippen LogP contribution in [0.1, 0.15) is 200 Å². The molecule has 9 nitrogen and oxygen atoms in total. The van der Waals surface area contributed by atoms with Gasteiger partial charge in [0, 0.05) is 12.8 Å². The Labute approximate surface area is 416 Å². The van der Waals surface area contributed by atoms with Crippen LogP contribution in [0.15, 0.2) is 97.2 Å². The fourth-order valence-electron chi connectivity index (χ4n) is 6.91. The van der Waals surface area contributed by atoms with Crippen molar-refractivity contribution < 1.29 is 42.9 Å². The van der Waals surface area contributed by atoms with Crippen molar-refractivity contribution in [3.05, 3.63) is 97.2 Å². The number of quaternary nitrogens is 1. The van der Waals surface area contributed by atoms with Gasteiger partial charge in [0.15, 0.2) is 6.10 Å². The first-order valence-corrected chi connectivity index (χ1v) is 26.9. The van der Waals surface area contributed by atoms with Gasteiger partial charge in [0.1, 0.15) is 13.2 Å². The zero-order valence-corrected chi connectivity index (χ0v) is 44.0. The SMILES string of the molecule is CC/C=C\C/C=C\C/C=C\C/C=C\C/C=C\C/C=C\CCCCCCCCCCCCC(=O)OC(COC(=O)CCCCCCC/C=C\C/C=C\CCCC)COC(OCC[N+](C)(C)C)C(=O)O. The summed E-state index contributed by atoms with van der Waals surface area (Å²) in [5, 5.41) is 9.68. The molecule has 0 aromatic carbocycles. The highest BCUT2D eigenvalue weighted by Gasteiger charge is 2.25. The second kappa shape index (κ2) is 49.6. The van der Waals surface area contributed by atoms with E-state index < -0.39 is 24.3 Å². The van der Waals surface area contributed by atoms with Crippen LogP contribution in [0.4, 0.5) is 0 Å². The Morgan fingerprint density at radius 3 is 1.25 bits per heavy atom. The Bertz CT molecular complexity index is 1430. The molecule has 0 amide bonds. The lowest BCUT2D eigenvalue weighted by Crippen LogP contribution is -2.40. The lowest BCUT2D eigenvalue weighted by Gasteiger charge is -2.25. The first kappa shape index (κ1) is 64.2. The summed E-state index contributed by atoms with van der Waals surface area (Å²) in [4.78, 5) is 37.3. The largest absolute Gasteiger partial charge is 0.477 e. The van der Waals surface area contributed by atoms with Crippen LogP contribution in [-0.2, 0) is 33.3 Å². The van der Waals surface area contributed by atoms with E-state index in [1.807, 2.05) is 21.1 Å². The summed E-state index contributed by atoms with van der Waals surface area (Å²) < 4.78 is 22.8. The minimum atomic E-state index is -1.52. The maximum atomic E-state index is 12.8. The van der Waals surface area contributed by atoms with Gasteiger partial charge in [-0.15, -0.1) is 0 Å². The average Bonchev–Trinajstić information content (AvgIpc) is 3.30. The monoisotopic (exact) mass is 951 g/mol. The van der Waals surface area contributed by atoms with Crippen molar-refractivity contribution in [3.63, 3.8) is 0 Å². The number of ether oxygens (including phenoxy) is 4. The summed E-state index contributed by atoms with van der Waals surface area (Å²) in [7, 11) is 5.95. The van der Waals surface area contributed by atoms with Gasteiger partial charge in [-0.05, 0) is 89.9 Å². The average molecular weight is 951 g/mol. The second-order valence-corrected chi connectivity index (χ2v) is 18.8. The van der Waals surface area contributed by atoms with E-state index in [4.69, 9.17) is 18.9 Å². The predicted octanol–water partition coefficient (Wildman–Crippen LogP) is 15.4. The Kier molecular flexibility index (Phi) is 46.9. The van der Waals surface area contributed by atoms with Gasteiger partial charge in [-0.1, -0.05) is 195 Å². The Morgan fingerprint density at radius 2 is 0.838 bits per heavy atom. The minimum absolute atomic E-state index is 0.180. The molecule has 0 aliphatic heterocycles. The molecule has 0 heterocycles. The molecule has 0 bridgehead atoms. The van der Waals surface area contributed by atoms with Crippen LogP contribution in [0, 0.1) is 0 Å². The number of hydrogen-bond acceptors (Lipinski definition) is 7. The molecule has 0 radical (unpaired) electrons. The number of rotatable bonds is 48. The van der Waals surface area contributed by atoms with Crippen LogP contribution >= 0.6 is 0 Å². The molecule has 0 saturated carbocycles. The quantitative estimate of drug-likeness (QED) is 0.0211. The Balaban J connectivity index is 4.28. The number of unbranched alkanes of at least 4 members (excludes halogenated alkanes) is 17. The van der Waals surface area contributed by atoms with E-state index in [1.54, 1.807) is 0 Å². The molecule has 2 unspecified atom stereocenters. The zero-order valence-electron chi connectivity index (χ0n) is 44.0. The molecule has 0 aliphatic carbocycles. The number of likely N-dealkylation sites (N-methyl/N-ethyl adjacent to an activating group) is 1. The van der Waals surface area contributed by atoms with Crippen LogP contribution < -0.4 is 0 Å². The number of carbonyl (C=O) groups is 3. The highest BCUT2D eigenvalue weighted by Crippen LogP contribution is 2.14. The van der Waals surface area contributed by atoms with Gasteiger partial charge in [-0.3, -0.25) is 9.59 Å². The van der Waals surface area contributed by atoms with Gasteiger partial charge in [-0.2, -0.15) is 0 Å². The van der Waals surface area contributed by atoms with Gasteiger partial charge < -0.3 is 28.5 Å². The van der Waals surface area contributed by atoms with Crippen molar-refractivity contribution >= 4 is 17.9 Å². The number of esters is 2. The fourth-order valence-corrected chi connectivity index (χ4v) is 6.91. The molecular formula is C59H100NO8+. The molecule has 68 heavy (non-hydrogen) atoms. The van der Waals surface area contributed by atoms with Gasteiger partial charge in [-0.25, -0.2) is 4.79 Å². The molecule has 0 spiro atoms. The summed E-state index contributed by atoms with van der Waals surface area (Å²) in [5.41, 5.74) is 0. The van der Waals surface area contributed by atoms with Crippen LogP contribution in [0.5, 0.6) is 0 Å². The molecule has 0 saturated heterocycles. The molecule has 9 heteroatoms. The van der Waals surface area contributed by atoms with Gasteiger partial charge >= 0.3 is 17.9 Å². The number of allylic oxidation sites excluding steroid dienone is 16. The standard InChI is InChI=1S/C59H99NO8/c1-6-8-10-12-14-16-18-20-22-23-24-25-26-27-28-29-30-31-32-33-34-35-36-38-40-42-44-46-48-50-57(62)68-55(54-67-59(58(63)64)65-52-51-60(3,4)5)53-66-56(61)49-47-45-43-41-39-37-21-19-17-15-13-11-9-7-2/h8,10,13-16,19-22,24-25,27-28,30-31,55,59H,6-7,9,11-12,17-18,23,26,29,32-54H2,1-5H3/p+1/b10-8-,15-13-,16-14-,21-19-,22-20-,25-24-,28-27-,31-30-. The Hall–Kier alpha value is -3.79. The van der Waals surface area contributed by atoms with E-state index in [1.165, 1.54) is 51.4 Å². The van der Waals surface area contributed by atoms with Gasteiger partial charge in [0.2, 0.25) is 0 Å². The van der Waals surface area contributed by atoms with E-state index in [0.29, 0.717) is 17.4 Å². The first-order chi connectivity index (χ1) is 33.1. The Morgan fingerprint density at radius 1 is 0.456 bits per heavy atom. The van der Waals surface area contributed by atoms with Crippen LogP contribution in [-0.4, -0.2) is 87.4 Å². The van der Waals surface area contributed by atoms with Crippen LogP contribution in [0.3, 0.4) is 0 Å². The molecule has 2 atom stereocenters. The second-order valence-electron chi connectivity index (χ2n) is 18.8. The lowest BCUT2D eigenvalue weighted by atomic mass is 10.0. The topological polar surface area (TPSA) is 108 Å². The molecule has 388 valence electrons. The predicted molar refractivity (Wildman–Crippen MR) is 285 cm³/mol. The molecule has 0 rings (SSSR count). The van der Waals surface area contributed by atoms with Crippen LogP contribution in [0.25, 0.3) is 0 Å². The number of carboxylic acids is 1. The van der Waals surface area contributed by atoms with Crippen LogP contribution in [0.2, 0.25) is 0 Å². The molecule has 0 fully saturated rings. The summed E-state index contributed by atoms with van der Waals surface area (Å²) >= 11 is 0. The number of carbonyl (C=O) groups excluding carboxylic acids is 2. The molecular weight excluding hydrogens is 851 g/mol. The molecule has 0 aliphatic rings. The third-order valence-corrected chi connectivity index (χ3v) is 11.1. The lowest BCUT2D eigenvalue weighted by molar-refractivity contribution is -0.870. The summed E-state index contributed by atoms with van der Waals surface area (Å²) in [6, 6.07) is 0. The molecule has 1 N–H and O–H groups in total. The maximum absolute atomic E-state index is 12.8. The van der Waals surface area contributed by atoms with Crippen molar-refractivity contribution in [3.8, 4) is 0 Å². The van der Waals surface area contributed by atoms with Crippen molar-refractivity contribution in [2.24, 2.45) is 0 Å². The molecule has 0 aromatic rings. The normalized spacial score (nSPS) is 13.6. The van der Waals surface area contributed by atoms with Gasteiger partial charge in [0.05, 0.1) is 34.4 Å². The van der Waals surface area contributed by atoms with E-state index in [0.717, 1.165) is 116 Å². The third kappa shape index (κ3) is 50.1. The summed E-state index contributed by atoms with van der Waals surface area (Å²) in [5.74, 6) is -2.04. The van der Waals surface area contributed by atoms with Crippen molar-refractivity contribution in [1.29, 1.82) is 0 Å². The smallest absolute Gasteiger partial charge is 0.361 e. The van der Waals surface area contributed by atoms with E-state index in [-0.39, 0.29) is 38.6 Å². The highest BCUT2D eigenvalue weighted by molar-refractivity contribution is 5.71. The minimum Gasteiger partial charge on any atom is -0.477 e. The van der Waals surface area contributed by atoms with Gasteiger partial charge in [0.25, 0.3) is 6.29 Å². The first-order valence-electron chi connectivity index (χ1n) is 26.9. The number of aliphatic carboxylic acids is 1. The van der Waals surface area contributed by atoms with E-state index in [2.05, 4.69) is 111 Å². The number of nitrogens with zero attached hydrogens (tertiary/aromatic N) is 1. The zero-order chi connectivity index (χ0) is 49.9. The molecule has 0 aromatic heterocycles. The van der Waals surface area contributed by atoms with Crippen molar-refractivity contribution in [1.82, 2.24) is 0 Å². The summed E-state index contributed by atoms with van der Waals surface area (Å²) in [6.45, 7) is 4.68. The van der Waals surface area contributed by atoms with E-state index in [9.17, 15) is 19.5 Å². The maximum Gasteiger partial charge on any atom is 0.361 e. The van der Waals surface area contributed by atoms with Crippen molar-refractivity contribution in [2.75, 3.05) is 47.5 Å².